The van der Waals surface area contributed by atoms with Gasteiger partial charge in [-0.05, 0) is 24.6 Å². The van der Waals surface area contributed by atoms with Crippen molar-refractivity contribution in [1.82, 2.24) is 4.90 Å². The van der Waals surface area contributed by atoms with Crippen LogP contribution < -0.4 is 10.5 Å². The van der Waals surface area contributed by atoms with Crippen molar-refractivity contribution in [2.24, 2.45) is 5.73 Å². The Morgan fingerprint density at radius 2 is 2.24 bits per heavy atom. The van der Waals surface area contributed by atoms with E-state index < -0.39 is 11.5 Å². The largest absolute Gasteiger partial charge is 0.497 e. The highest BCUT2D eigenvalue weighted by molar-refractivity contribution is 5.85. The topological polar surface area (TPSA) is 81.9 Å². The van der Waals surface area contributed by atoms with Gasteiger partial charge >= 0.3 is 0 Å². The molecule has 0 spiro atoms. The Balaban J connectivity index is 2.04. The van der Waals surface area contributed by atoms with Crippen LogP contribution in [0, 0.1) is 0 Å². The van der Waals surface area contributed by atoms with E-state index in [2.05, 4.69) is 0 Å². The number of amides is 2. The number of carbonyl (C=O) groups excluding carboxylic acids is 2. The minimum Gasteiger partial charge on any atom is -0.497 e. The van der Waals surface area contributed by atoms with E-state index in [0.29, 0.717) is 18.9 Å². The molecule has 1 atom stereocenters. The molecule has 0 bridgehead atoms. The number of benzene rings is 1. The normalized spacial score (nSPS) is 21.9. The van der Waals surface area contributed by atoms with E-state index in [-0.39, 0.29) is 18.9 Å². The first-order valence-corrected chi connectivity index (χ1v) is 6.79. The summed E-state index contributed by atoms with van der Waals surface area (Å²) in [6.07, 6.45) is 0.256. The van der Waals surface area contributed by atoms with Crippen molar-refractivity contribution < 1.29 is 19.1 Å². The molecule has 114 valence electrons. The lowest BCUT2D eigenvalue weighted by atomic mass is 10.0. The van der Waals surface area contributed by atoms with Crippen molar-refractivity contribution in [3.8, 4) is 5.75 Å². The molecule has 1 aromatic rings. The Kier molecular flexibility index (Phi) is 4.47. The maximum atomic E-state index is 12.4. The van der Waals surface area contributed by atoms with Crippen LogP contribution >= 0.6 is 0 Å². The van der Waals surface area contributed by atoms with E-state index >= 15 is 0 Å². The highest BCUT2D eigenvalue weighted by atomic mass is 16.5. The Hall–Kier alpha value is -2.08. The molecule has 0 aliphatic carbocycles. The predicted octanol–water partition coefficient (Wildman–Crippen LogP) is 0.340. The summed E-state index contributed by atoms with van der Waals surface area (Å²) in [5.74, 6) is 0.102. The van der Waals surface area contributed by atoms with E-state index in [1.54, 1.807) is 18.9 Å². The van der Waals surface area contributed by atoms with E-state index in [0.717, 1.165) is 5.56 Å². The van der Waals surface area contributed by atoms with E-state index in [4.69, 9.17) is 15.2 Å². The first-order chi connectivity index (χ1) is 9.94. The molecule has 2 amide bonds. The molecule has 6 nitrogen and oxygen atoms in total. The van der Waals surface area contributed by atoms with Gasteiger partial charge < -0.3 is 20.1 Å². The second-order valence-electron chi connectivity index (χ2n) is 5.29. The Bertz CT molecular complexity index is 546. The van der Waals surface area contributed by atoms with Gasteiger partial charge in [-0.25, -0.2) is 0 Å². The van der Waals surface area contributed by atoms with E-state index in [9.17, 15) is 9.59 Å². The van der Waals surface area contributed by atoms with Gasteiger partial charge in [-0.2, -0.15) is 0 Å². The number of morpholine rings is 1. The Labute approximate surface area is 123 Å². The molecule has 1 saturated heterocycles. The summed E-state index contributed by atoms with van der Waals surface area (Å²) in [7, 11) is 1.58. The highest BCUT2D eigenvalue weighted by Crippen LogP contribution is 2.19. The van der Waals surface area contributed by atoms with Crippen molar-refractivity contribution in [1.29, 1.82) is 0 Å². The molecule has 1 aromatic carbocycles. The summed E-state index contributed by atoms with van der Waals surface area (Å²) in [5, 5.41) is 0. The Morgan fingerprint density at radius 3 is 2.90 bits per heavy atom. The molecule has 21 heavy (non-hydrogen) atoms. The van der Waals surface area contributed by atoms with Crippen molar-refractivity contribution in [3.63, 3.8) is 0 Å². The average molecular weight is 292 g/mol. The molecular formula is C15H20N2O4. The number of carbonyl (C=O) groups is 2. The van der Waals surface area contributed by atoms with Gasteiger partial charge in [0.05, 0.1) is 26.7 Å². The third-order valence-corrected chi connectivity index (χ3v) is 3.64. The third kappa shape index (κ3) is 3.52. The van der Waals surface area contributed by atoms with Gasteiger partial charge in [-0.15, -0.1) is 0 Å². The zero-order valence-electron chi connectivity index (χ0n) is 12.3. The Morgan fingerprint density at radius 1 is 1.48 bits per heavy atom. The van der Waals surface area contributed by atoms with Gasteiger partial charge in [0.25, 0.3) is 5.91 Å². The highest BCUT2D eigenvalue weighted by Gasteiger charge is 2.39. The number of nitrogens with zero attached hydrogens (tertiary/aromatic N) is 1. The van der Waals surface area contributed by atoms with Crippen LogP contribution in [0.15, 0.2) is 24.3 Å². The predicted molar refractivity (Wildman–Crippen MR) is 76.8 cm³/mol. The molecule has 1 fully saturated rings. The summed E-state index contributed by atoms with van der Waals surface area (Å²) < 4.78 is 10.5. The first kappa shape index (κ1) is 15.3. The number of hydrogen-bond acceptors (Lipinski definition) is 4. The zero-order valence-corrected chi connectivity index (χ0v) is 12.3. The van der Waals surface area contributed by atoms with Crippen LogP contribution in [0.3, 0.4) is 0 Å². The number of ether oxygens (including phenoxy) is 2. The molecule has 1 unspecified atom stereocenters. The maximum absolute atomic E-state index is 12.4. The lowest BCUT2D eigenvalue weighted by Crippen LogP contribution is -2.58. The fourth-order valence-corrected chi connectivity index (χ4v) is 2.30. The van der Waals surface area contributed by atoms with Crippen LogP contribution in [0.25, 0.3) is 0 Å². The standard InChI is InChI=1S/C15H20N2O4/c1-15(14(16)19)10-17(6-7-21-15)13(18)9-11-4-3-5-12(8-11)20-2/h3-5,8H,6-7,9-10H2,1-2H3,(H2,16,19). The quantitative estimate of drug-likeness (QED) is 0.867. The molecule has 1 aliphatic rings. The molecule has 2 N–H and O–H groups in total. The van der Waals surface area contributed by atoms with Gasteiger partial charge in [0.15, 0.2) is 5.60 Å². The number of primary amides is 1. The van der Waals surface area contributed by atoms with Gasteiger partial charge in [0.1, 0.15) is 5.75 Å². The number of hydrogen-bond donors (Lipinski definition) is 1. The van der Waals surface area contributed by atoms with Crippen LogP contribution in [-0.4, -0.2) is 49.1 Å². The van der Waals surface area contributed by atoms with Gasteiger partial charge in [0.2, 0.25) is 5.91 Å². The van der Waals surface area contributed by atoms with E-state index in [1.165, 1.54) is 0 Å². The first-order valence-electron chi connectivity index (χ1n) is 6.79. The van der Waals surface area contributed by atoms with Gasteiger partial charge in [-0.1, -0.05) is 12.1 Å². The zero-order chi connectivity index (χ0) is 15.5. The smallest absolute Gasteiger partial charge is 0.251 e. The van der Waals surface area contributed by atoms with Crippen molar-refractivity contribution in [3.05, 3.63) is 29.8 Å². The molecule has 2 rings (SSSR count). The number of methoxy groups -OCH3 is 1. The fraction of sp³-hybridized carbons (Fsp3) is 0.467. The molecule has 0 saturated carbocycles. The molecule has 0 aromatic heterocycles. The summed E-state index contributed by atoms with van der Waals surface area (Å²) in [4.78, 5) is 25.4. The lowest BCUT2D eigenvalue weighted by molar-refractivity contribution is -0.160. The molecule has 0 radical (unpaired) electrons. The second kappa shape index (κ2) is 6.13. The van der Waals surface area contributed by atoms with Crippen molar-refractivity contribution in [2.45, 2.75) is 18.9 Å². The van der Waals surface area contributed by atoms with Crippen LogP contribution in [0.2, 0.25) is 0 Å². The van der Waals surface area contributed by atoms with Crippen molar-refractivity contribution >= 4 is 11.8 Å². The molecule has 1 aliphatic heterocycles. The third-order valence-electron chi connectivity index (χ3n) is 3.64. The molecule has 1 heterocycles. The van der Waals surface area contributed by atoms with Crippen LogP contribution in [-0.2, 0) is 20.7 Å². The average Bonchev–Trinajstić information content (AvgIpc) is 2.47. The molecule has 6 heteroatoms. The second-order valence-corrected chi connectivity index (χ2v) is 5.29. The molecular weight excluding hydrogens is 272 g/mol. The fourth-order valence-electron chi connectivity index (χ4n) is 2.30. The number of rotatable bonds is 4. The summed E-state index contributed by atoms with van der Waals surface area (Å²) >= 11 is 0. The van der Waals surface area contributed by atoms with Gasteiger partial charge in [0, 0.05) is 6.54 Å². The summed E-state index contributed by atoms with van der Waals surface area (Å²) in [5.41, 5.74) is 5.09. The monoisotopic (exact) mass is 292 g/mol. The SMILES string of the molecule is COc1cccc(CC(=O)N2CCOC(C)(C(N)=O)C2)c1. The summed E-state index contributed by atoms with van der Waals surface area (Å²) in [6.45, 7) is 2.57. The summed E-state index contributed by atoms with van der Waals surface area (Å²) in [6, 6.07) is 7.36. The van der Waals surface area contributed by atoms with Gasteiger partial charge in [-0.3, -0.25) is 9.59 Å². The number of nitrogens with two attached hydrogens (primary N) is 1. The van der Waals surface area contributed by atoms with Crippen LogP contribution in [0.1, 0.15) is 12.5 Å². The van der Waals surface area contributed by atoms with Crippen LogP contribution in [0.5, 0.6) is 5.75 Å². The minimum atomic E-state index is -1.11. The van der Waals surface area contributed by atoms with Crippen molar-refractivity contribution in [2.75, 3.05) is 26.8 Å². The maximum Gasteiger partial charge on any atom is 0.251 e. The lowest BCUT2D eigenvalue weighted by Gasteiger charge is -2.38. The van der Waals surface area contributed by atoms with Crippen LogP contribution in [0.4, 0.5) is 0 Å². The minimum absolute atomic E-state index is 0.0565. The van der Waals surface area contributed by atoms with E-state index in [1.807, 2.05) is 24.3 Å².